The van der Waals surface area contributed by atoms with Crippen LogP contribution in [-0.2, 0) is 17.6 Å². The molecule has 30 heavy (non-hydrogen) atoms. The summed E-state index contributed by atoms with van der Waals surface area (Å²) in [5, 5.41) is 12.6. The zero-order valence-electron chi connectivity index (χ0n) is 17.6. The van der Waals surface area contributed by atoms with Crippen molar-refractivity contribution in [2.75, 3.05) is 19.6 Å². The van der Waals surface area contributed by atoms with Gasteiger partial charge in [-0.3, -0.25) is 4.79 Å². The van der Waals surface area contributed by atoms with Crippen LogP contribution in [0, 0.1) is 17.2 Å². The summed E-state index contributed by atoms with van der Waals surface area (Å²) < 4.78 is 0. The van der Waals surface area contributed by atoms with Crippen molar-refractivity contribution in [3.05, 3.63) is 83.6 Å². The maximum absolute atomic E-state index is 12.7. The predicted octanol–water partition coefficient (Wildman–Crippen LogP) is 4.49. The highest BCUT2D eigenvalue weighted by Gasteiger charge is 2.25. The Morgan fingerprint density at radius 3 is 2.27 bits per heavy atom. The second kappa shape index (κ2) is 11.8. The Balaban J connectivity index is 1.37. The maximum atomic E-state index is 12.7. The first kappa shape index (κ1) is 21.6. The first-order valence-electron chi connectivity index (χ1n) is 11.0. The van der Waals surface area contributed by atoms with Crippen molar-refractivity contribution >= 4 is 5.91 Å². The summed E-state index contributed by atoms with van der Waals surface area (Å²) in [7, 11) is 0. The van der Waals surface area contributed by atoms with Gasteiger partial charge in [0.05, 0.1) is 0 Å². The van der Waals surface area contributed by atoms with E-state index in [-0.39, 0.29) is 11.5 Å². The topological polar surface area (TPSA) is 56.1 Å². The van der Waals surface area contributed by atoms with Crippen molar-refractivity contribution in [1.29, 1.82) is 5.26 Å². The molecule has 1 N–H and O–H groups in total. The number of nitrogens with one attached hydrogen (secondary N) is 1. The van der Waals surface area contributed by atoms with Gasteiger partial charge in [-0.1, -0.05) is 60.7 Å². The lowest BCUT2D eigenvalue weighted by molar-refractivity contribution is -0.128. The smallest absolute Gasteiger partial charge is 0.265 e. The van der Waals surface area contributed by atoms with Crippen LogP contribution in [0.4, 0.5) is 0 Å². The summed E-state index contributed by atoms with van der Waals surface area (Å²) >= 11 is 0. The van der Waals surface area contributed by atoms with Crippen molar-refractivity contribution in [2.45, 2.75) is 38.5 Å². The fraction of sp³-hybridized carbons (Fsp3) is 0.385. The molecule has 0 aliphatic carbocycles. The zero-order chi connectivity index (χ0) is 21.0. The SMILES string of the molecule is N#C/C(=C/NCCCCc1ccccc1)C(=O)N1CCC(Cc2ccccc2)CC1. The summed E-state index contributed by atoms with van der Waals surface area (Å²) in [6, 6.07) is 23.0. The minimum absolute atomic E-state index is 0.146. The van der Waals surface area contributed by atoms with E-state index in [0.29, 0.717) is 5.92 Å². The van der Waals surface area contributed by atoms with E-state index in [4.69, 9.17) is 0 Å². The standard InChI is InChI=1S/C26H31N3O/c27-20-25(21-28-16-8-7-11-22-9-3-1-4-10-22)26(30)29-17-14-24(15-18-29)19-23-12-5-2-6-13-23/h1-6,9-10,12-13,21,24,28H,7-8,11,14-19H2/b25-21-. The van der Waals surface area contributed by atoms with Gasteiger partial charge in [0.2, 0.25) is 0 Å². The van der Waals surface area contributed by atoms with Crippen molar-refractivity contribution in [2.24, 2.45) is 5.92 Å². The number of hydrogen-bond donors (Lipinski definition) is 1. The van der Waals surface area contributed by atoms with Gasteiger partial charge in [0, 0.05) is 25.8 Å². The van der Waals surface area contributed by atoms with E-state index in [2.05, 4.69) is 59.9 Å². The van der Waals surface area contributed by atoms with E-state index >= 15 is 0 Å². The molecule has 3 rings (SSSR count). The third-order valence-corrected chi connectivity index (χ3v) is 5.75. The molecule has 0 aromatic heterocycles. The number of nitrogens with zero attached hydrogens (tertiary/aromatic N) is 2. The van der Waals surface area contributed by atoms with Gasteiger partial charge in [0.1, 0.15) is 11.6 Å². The third-order valence-electron chi connectivity index (χ3n) is 5.75. The summed E-state index contributed by atoms with van der Waals surface area (Å²) in [5.74, 6) is 0.459. The van der Waals surface area contributed by atoms with Crippen LogP contribution in [0.1, 0.15) is 36.8 Å². The average molecular weight is 402 g/mol. The molecular weight excluding hydrogens is 370 g/mol. The van der Waals surface area contributed by atoms with Crippen LogP contribution >= 0.6 is 0 Å². The van der Waals surface area contributed by atoms with E-state index in [9.17, 15) is 10.1 Å². The second-order valence-electron chi connectivity index (χ2n) is 7.99. The van der Waals surface area contributed by atoms with Crippen LogP contribution in [0.15, 0.2) is 72.4 Å². The minimum atomic E-state index is -0.146. The van der Waals surface area contributed by atoms with Crippen molar-refractivity contribution in [1.82, 2.24) is 10.2 Å². The van der Waals surface area contributed by atoms with E-state index < -0.39 is 0 Å². The predicted molar refractivity (Wildman–Crippen MR) is 121 cm³/mol. The van der Waals surface area contributed by atoms with Crippen LogP contribution in [0.25, 0.3) is 0 Å². The molecule has 1 fully saturated rings. The van der Waals surface area contributed by atoms with Crippen molar-refractivity contribution in [3.8, 4) is 6.07 Å². The summed E-state index contributed by atoms with van der Waals surface area (Å²) in [6.45, 7) is 2.23. The number of nitriles is 1. The lowest BCUT2D eigenvalue weighted by Crippen LogP contribution is -2.39. The molecule has 1 amide bonds. The molecular formula is C26H31N3O. The Bertz CT molecular complexity index is 847. The number of benzene rings is 2. The maximum Gasteiger partial charge on any atom is 0.265 e. The normalized spacial score (nSPS) is 14.9. The van der Waals surface area contributed by atoms with Gasteiger partial charge < -0.3 is 10.2 Å². The van der Waals surface area contributed by atoms with Crippen LogP contribution in [0.5, 0.6) is 0 Å². The Morgan fingerprint density at radius 2 is 1.63 bits per heavy atom. The molecule has 4 nitrogen and oxygen atoms in total. The first-order valence-corrected chi connectivity index (χ1v) is 11.0. The number of unbranched alkanes of at least 4 members (excludes halogenated alkanes) is 1. The largest absolute Gasteiger partial charge is 0.390 e. The molecule has 1 aliphatic rings. The molecule has 0 radical (unpaired) electrons. The number of rotatable bonds is 9. The lowest BCUT2D eigenvalue weighted by Gasteiger charge is -2.32. The van der Waals surface area contributed by atoms with Gasteiger partial charge in [0.15, 0.2) is 0 Å². The molecule has 0 spiro atoms. The Kier molecular flexibility index (Phi) is 8.53. The van der Waals surface area contributed by atoms with E-state index in [1.54, 1.807) is 6.20 Å². The second-order valence-corrected chi connectivity index (χ2v) is 7.99. The van der Waals surface area contributed by atoms with E-state index in [1.165, 1.54) is 11.1 Å². The van der Waals surface area contributed by atoms with Crippen LogP contribution in [-0.4, -0.2) is 30.4 Å². The molecule has 0 unspecified atom stereocenters. The Labute approximate surface area is 180 Å². The van der Waals surface area contributed by atoms with Gasteiger partial charge in [0.25, 0.3) is 5.91 Å². The van der Waals surface area contributed by atoms with Gasteiger partial charge in [-0.25, -0.2) is 0 Å². The molecule has 1 aliphatic heterocycles. The van der Waals surface area contributed by atoms with Crippen LogP contribution in [0.2, 0.25) is 0 Å². The fourth-order valence-electron chi connectivity index (χ4n) is 3.97. The molecule has 0 saturated carbocycles. The van der Waals surface area contributed by atoms with Crippen molar-refractivity contribution in [3.63, 3.8) is 0 Å². The fourth-order valence-corrected chi connectivity index (χ4v) is 3.97. The van der Waals surface area contributed by atoms with Crippen molar-refractivity contribution < 1.29 is 4.79 Å². The van der Waals surface area contributed by atoms with Gasteiger partial charge in [-0.2, -0.15) is 5.26 Å². The number of aryl methyl sites for hydroxylation is 1. The minimum Gasteiger partial charge on any atom is -0.390 e. The number of piperidine rings is 1. The molecule has 2 aromatic rings. The summed E-state index contributed by atoms with van der Waals surface area (Å²) in [5.41, 5.74) is 2.91. The van der Waals surface area contributed by atoms with Crippen LogP contribution < -0.4 is 5.32 Å². The van der Waals surface area contributed by atoms with Gasteiger partial charge in [-0.15, -0.1) is 0 Å². The first-order chi connectivity index (χ1) is 14.8. The highest BCUT2D eigenvalue weighted by Crippen LogP contribution is 2.22. The Hall–Kier alpha value is -3.06. The molecule has 2 aromatic carbocycles. The molecule has 1 saturated heterocycles. The van der Waals surface area contributed by atoms with Gasteiger partial charge in [-0.05, 0) is 55.6 Å². The number of carbonyl (C=O) groups is 1. The molecule has 4 heteroatoms. The van der Waals surface area contributed by atoms with Crippen LogP contribution in [0.3, 0.4) is 0 Å². The lowest BCUT2D eigenvalue weighted by atomic mass is 9.90. The Morgan fingerprint density at radius 1 is 1.00 bits per heavy atom. The molecule has 0 bridgehead atoms. The zero-order valence-corrected chi connectivity index (χ0v) is 17.6. The van der Waals surface area contributed by atoms with Gasteiger partial charge >= 0.3 is 0 Å². The molecule has 156 valence electrons. The monoisotopic (exact) mass is 401 g/mol. The highest BCUT2D eigenvalue weighted by molar-refractivity contribution is 5.97. The number of amides is 1. The van der Waals surface area contributed by atoms with E-state index in [0.717, 1.165) is 58.2 Å². The van der Waals surface area contributed by atoms with E-state index in [1.807, 2.05) is 17.0 Å². The molecule has 0 atom stereocenters. The number of hydrogen-bond acceptors (Lipinski definition) is 3. The average Bonchev–Trinajstić information content (AvgIpc) is 2.80. The summed E-state index contributed by atoms with van der Waals surface area (Å²) in [4.78, 5) is 14.5. The highest BCUT2D eigenvalue weighted by atomic mass is 16.2. The molecule has 1 heterocycles. The number of carbonyl (C=O) groups excluding carboxylic acids is 1. The third kappa shape index (κ3) is 6.77. The quantitative estimate of drug-likeness (QED) is 0.383. The number of likely N-dealkylation sites (tertiary alicyclic amines) is 1. The summed E-state index contributed by atoms with van der Waals surface area (Å²) in [6.07, 6.45) is 7.78.